The lowest BCUT2D eigenvalue weighted by atomic mass is 10.2. The number of nitrogens with zero attached hydrogens (tertiary/aromatic N) is 2. The lowest BCUT2D eigenvalue weighted by Gasteiger charge is -2.19. The summed E-state index contributed by atoms with van der Waals surface area (Å²) in [5.41, 5.74) is 5.23. The van der Waals surface area contributed by atoms with E-state index in [0.29, 0.717) is 5.69 Å². The standard InChI is InChI=1S/C11H18N4O3/c1-11(2,3)18-10(17)14-5-8-4-13-7-15(8)6-9(12)16/h4,7H,5-6H2,1-3H3,(H2,12,16)(H,14,17). The van der Waals surface area contributed by atoms with Crippen LogP contribution in [-0.4, -0.2) is 27.2 Å². The molecule has 7 nitrogen and oxygen atoms in total. The van der Waals surface area contributed by atoms with Gasteiger partial charge in [-0.15, -0.1) is 0 Å². The first-order valence-electron chi connectivity index (χ1n) is 5.52. The molecule has 1 rings (SSSR count). The molecule has 1 heterocycles. The maximum absolute atomic E-state index is 11.4. The smallest absolute Gasteiger partial charge is 0.407 e. The zero-order valence-corrected chi connectivity index (χ0v) is 10.8. The topological polar surface area (TPSA) is 99.2 Å². The molecule has 0 aliphatic heterocycles. The molecule has 100 valence electrons. The monoisotopic (exact) mass is 254 g/mol. The second-order valence-electron chi connectivity index (χ2n) is 4.83. The van der Waals surface area contributed by atoms with Gasteiger partial charge in [-0.25, -0.2) is 9.78 Å². The molecular formula is C11H18N4O3. The molecule has 0 aliphatic carbocycles. The highest BCUT2D eigenvalue weighted by Gasteiger charge is 2.16. The fourth-order valence-electron chi connectivity index (χ4n) is 1.28. The third-order valence-electron chi connectivity index (χ3n) is 1.94. The van der Waals surface area contributed by atoms with Crippen LogP contribution in [0, 0.1) is 0 Å². The fraction of sp³-hybridized carbons (Fsp3) is 0.545. The van der Waals surface area contributed by atoms with Crippen molar-refractivity contribution < 1.29 is 14.3 Å². The van der Waals surface area contributed by atoms with Crippen LogP contribution in [0.25, 0.3) is 0 Å². The number of nitrogens with one attached hydrogen (secondary N) is 1. The van der Waals surface area contributed by atoms with Gasteiger partial charge in [0.2, 0.25) is 5.91 Å². The van der Waals surface area contributed by atoms with Gasteiger partial charge >= 0.3 is 6.09 Å². The van der Waals surface area contributed by atoms with E-state index >= 15 is 0 Å². The number of carbonyl (C=O) groups excluding carboxylic acids is 2. The van der Waals surface area contributed by atoms with E-state index in [1.54, 1.807) is 31.5 Å². The first-order valence-corrected chi connectivity index (χ1v) is 5.52. The van der Waals surface area contributed by atoms with Gasteiger partial charge in [0.05, 0.1) is 18.6 Å². The van der Waals surface area contributed by atoms with Crippen LogP contribution in [0.2, 0.25) is 0 Å². The van der Waals surface area contributed by atoms with Crippen LogP contribution in [0.5, 0.6) is 0 Å². The number of ether oxygens (including phenoxy) is 1. The van der Waals surface area contributed by atoms with E-state index in [4.69, 9.17) is 10.5 Å². The van der Waals surface area contributed by atoms with Crippen molar-refractivity contribution in [2.45, 2.75) is 39.5 Å². The first-order chi connectivity index (χ1) is 8.28. The average Bonchev–Trinajstić information content (AvgIpc) is 2.58. The molecule has 0 saturated heterocycles. The summed E-state index contributed by atoms with van der Waals surface area (Å²) in [6, 6.07) is 0. The van der Waals surface area contributed by atoms with E-state index < -0.39 is 17.6 Å². The first kappa shape index (κ1) is 14.0. The summed E-state index contributed by atoms with van der Waals surface area (Å²) in [4.78, 5) is 26.1. The molecule has 0 aliphatic rings. The molecule has 0 unspecified atom stereocenters. The lowest BCUT2D eigenvalue weighted by molar-refractivity contribution is -0.118. The van der Waals surface area contributed by atoms with Gasteiger partial charge in [-0.05, 0) is 20.8 Å². The third-order valence-corrected chi connectivity index (χ3v) is 1.94. The Kier molecular flexibility index (Phi) is 4.30. The number of nitrogens with two attached hydrogens (primary N) is 1. The van der Waals surface area contributed by atoms with Crippen LogP contribution in [-0.2, 0) is 22.6 Å². The summed E-state index contributed by atoms with van der Waals surface area (Å²) in [5, 5.41) is 2.58. The van der Waals surface area contributed by atoms with E-state index in [2.05, 4.69) is 10.3 Å². The largest absolute Gasteiger partial charge is 0.444 e. The minimum Gasteiger partial charge on any atom is -0.444 e. The van der Waals surface area contributed by atoms with Crippen molar-refractivity contribution in [3.8, 4) is 0 Å². The van der Waals surface area contributed by atoms with Crippen LogP contribution in [0.1, 0.15) is 26.5 Å². The summed E-state index contributed by atoms with van der Waals surface area (Å²) in [6.45, 7) is 5.60. The molecule has 1 aromatic heterocycles. The lowest BCUT2D eigenvalue weighted by Crippen LogP contribution is -2.32. The molecule has 18 heavy (non-hydrogen) atoms. The van der Waals surface area contributed by atoms with Gasteiger partial charge in [-0.2, -0.15) is 0 Å². The Morgan fingerprint density at radius 2 is 2.17 bits per heavy atom. The summed E-state index contributed by atoms with van der Waals surface area (Å²) in [6.07, 6.45) is 2.52. The number of imidazole rings is 1. The molecule has 3 N–H and O–H groups in total. The summed E-state index contributed by atoms with van der Waals surface area (Å²) < 4.78 is 6.65. The Morgan fingerprint density at radius 1 is 1.50 bits per heavy atom. The predicted octanol–water partition coefficient (Wildman–Crippen LogP) is 0.393. The summed E-state index contributed by atoms with van der Waals surface area (Å²) in [7, 11) is 0. The summed E-state index contributed by atoms with van der Waals surface area (Å²) in [5.74, 6) is -0.466. The van der Waals surface area contributed by atoms with E-state index in [-0.39, 0.29) is 13.1 Å². The molecule has 0 saturated carbocycles. The Morgan fingerprint density at radius 3 is 2.72 bits per heavy atom. The Balaban J connectivity index is 2.51. The van der Waals surface area contributed by atoms with Crippen molar-refractivity contribution >= 4 is 12.0 Å². The number of primary amides is 1. The second kappa shape index (κ2) is 5.52. The number of hydrogen-bond donors (Lipinski definition) is 2. The number of aromatic nitrogens is 2. The van der Waals surface area contributed by atoms with Crippen LogP contribution < -0.4 is 11.1 Å². The molecule has 0 fully saturated rings. The van der Waals surface area contributed by atoms with Gasteiger partial charge in [-0.3, -0.25) is 4.79 Å². The average molecular weight is 254 g/mol. The van der Waals surface area contributed by atoms with Crippen LogP contribution in [0.15, 0.2) is 12.5 Å². The minimum absolute atomic E-state index is 0.0331. The van der Waals surface area contributed by atoms with Crippen molar-refractivity contribution in [3.63, 3.8) is 0 Å². The maximum atomic E-state index is 11.4. The second-order valence-corrected chi connectivity index (χ2v) is 4.83. The minimum atomic E-state index is -0.544. The predicted molar refractivity (Wildman–Crippen MR) is 64.5 cm³/mol. The number of rotatable bonds is 4. The third kappa shape index (κ3) is 4.86. The van der Waals surface area contributed by atoms with Crippen molar-refractivity contribution in [2.75, 3.05) is 0 Å². The molecule has 0 radical (unpaired) electrons. The normalized spacial score (nSPS) is 11.1. The van der Waals surface area contributed by atoms with Gasteiger partial charge in [0.25, 0.3) is 0 Å². The van der Waals surface area contributed by atoms with Gasteiger partial charge in [0.1, 0.15) is 12.1 Å². The molecule has 0 spiro atoms. The molecule has 0 bridgehead atoms. The Bertz CT molecular complexity index is 434. The molecule has 2 amide bonds. The number of hydrogen-bond acceptors (Lipinski definition) is 4. The highest BCUT2D eigenvalue weighted by Crippen LogP contribution is 2.07. The number of amides is 2. The molecule has 0 atom stereocenters. The van der Waals surface area contributed by atoms with E-state index in [0.717, 1.165) is 0 Å². The van der Waals surface area contributed by atoms with Gasteiger partial charge < -0.3 is 20.4 Å². The number of carbonyl (C=O) groups is 2. The quantitative estimate of drug-likeness (QED) is 0.812. The van der Waals surface area contributed by atoms with Crippen molar-refractivity contribution in [1.29, 1.82) is 0 Å². The highest BCUT2D eigenvalue weighted by atomic mass is 16.6. The van der Waals surface area contributed by atoms with E-state index in [1.807, 2.05) is 0 Å². The highest BCUT2D eigenvalue weighted by molar-refractivity contribution is 5.73. The molecule has 7 heteroatoms. The van der Waals surface area contributed by atoms with Crippen LogP contribution in [0.4, 0.5) is 4.79 Å². The van der Waals surface area contributed by atoms with Crippen molar-refractivity contribution in [1.82, 2.24) is 14.9 Å². The van der Waals surface area contributed by atoms with Crippen molar-refractivity contribution in [2.24, 2.45) is 5.73 Å². The van der Waals surface area contributed by atoms with Crippen LogP contribution in [0.3, 0.4) is 0 Å². The zero-order chi connectivity index (χ0) is 13.8. The molecule has 0 aromatic carbocycles. The van der Waals surface area contributed by atoms with E-state index in [9.17, 15) is 9.59 Å². The van der Waals surface area contributed by atoms with Gasteiger partial charge in [-0.1, -0.05) is 0 Å². The molecular weight excluding hydrogens is 236 g/mol. The van der Waals surface area contributed by atoms with Crippen molar-refractivity contribution in [3.05, 3.63) is 18.2 Å². The number of alkyl carbamates (subject to hydrolysis) is 1. The molecule has 1 aromatic rings. The van der Waals surface area contributed by atoms with Gasteiger partial charge in [0, 0.05) is 6.20 Å². The van der Waals surface area contributed by atoms with Gasteiger partial charge in [0.15, 0.2) is 0 Å². The Labute approximate surface area is 105 Å². The van der Waals surface area contributed by atoms with Crippen LogP contribution >= 0.6 is 0 Å². The Hall–Kier alpha value is -2.05. The van der Waals surface area contributed by atoms with E-state index in [1.165, 1.54) is 6.33 Å². The summed E-state index contributed by atoms with van der Waals surface area (Å²) >= 11 is 0. The fourth-order valence-corrected chi connectivity index (χ4v) is 1.28. The zero-order valence-electron chi connectivity index (χ0n) is 10.8. The maximum Gasteiger partial charge on any atom is 0.407 e. The SMILES string of the molecule is CC(C)(C)OC(=O)NCc1cncn1CC(N)=O.